The van der Waals surface area contributed by atoms with Crippen LogP contribution in [-0.2, 0) is 0 Å². The minimum Gasteiger partial charge on any atom is -0.290 e. The molecule has 0 atom stereocenters. The van der Waals surface area contributed by atoms with E-state index in [0.29, 0.717) is 6.54 Å². The standard InChI is InChI=1S/C17H36N8S2/c1-16(2,12-24(14-18)21-19)6-10-26-8-5-9-27-11-7-17(3,4)13-25-15-20-22-23-25/h14-15,18-19,22-23H,5-13H2,1-4H3. The fourth-order valence-electron chi connectivity index (χ4n) is 2.63. The molecule has 1 aliphatic rings. The Labute approximate surface area is 172 Å². The number of nitrogens with zero attached hydrogens (tertiary/aromatic N) is 4. The van der Waals surface area contributed by atoms with Gasteiger partial charge in [0.1, 0.15) is 12.7 Å². The molecule has 8 nitrogen and oxygen atoms in total. The first-order valence-corrected chi connectivity index (χ1v) is 11.7. The van der Waals surface area contributed by atoms with E-state index in [1.54, 1.807) is 6.34 Å². The number of nitrogens with one attached hydrogen (secondary N) is 4. The summed E-state index contributed by atoms with van der Waals surface area (Å²) in [5.74, 6) is 4.73. The second-order valence-electron chi connectivity index (χ2n) is 8.33. The van der Waals surface area contributed by atoms with Gasteiger partial charge in [-0.2, -0.15) is 34.2 Å². The van der Waals surface area contributed by atoms with Crippen molar-refractivity contribution in [2.75, 3.05) is 36.1 Å². The van der Waals surface area contributed by atoms with Gasteiger partial charge >= 0.3 is 0 Å². The van der Waals surface area contributed by atoms with Gasteiger partial charge in [0.25, 0.3) is 0 Å². The number of thioether (sulfide) groups is 2. The molecule has 0 amide bonds. The number of hydrogen-bond acceptors (Lipinski definition) is 9. The van der Waals surface area contributed by atoms with E-state index in [2.05, 4.69) is 49.1 Å². The van der Waals surface area contributed by atoms with Crippen molar-refractivity contribution >= 4 is 36.2 Å². The van der Waals surface area contributed by atoms with Gasteiger partial charge in [-0.3, -0.25) is 10.4 Å². The smallest absolute Gasteiger partial charge is 0.128 e. The maximum atomic E-state index is 7.22. The molecule has 0 aliphatic carbocycles. The van der Waals surface area contributed by atoms with Gasteiger partial charge in [0.05, 0.1) is 0 Å². The first-order chi connectivity index (χ1) is 12.8. The quantitative estimate of drug-likeness (QED) is 0.100. The van der Waals surface area contributed by atoms with E-state index in [9.17, 15) is 0 Å². The summed E-state index contributed by atoms with van der Waals surface area (Å²) in [6.07, 6.45) is 6.41. The van der Waals surface area contributed by atoms with Gasteiger partial charge in [0.2, 0.25) is 0 Å². The van der Waals surface area contributed by atoms with Crippen molar-refractivity contribution in [3.8, 4) is 0 Å². The molecule has 0 radical (unpaired) electrons. The van der Waals surface area contributed by atoms with Crippen molar-refractivity contribution in [3.05, 3.63) is 0 Å². The minimum absolute atomic E-state index is 0.0693. The summed E-state index contributed by atoms with van der Waals surface area (Å²) in [6.45, 7) is 10.5. The number of hydrazone groups is 1. The predicted molar refractivity (Wildman–Crippen MR) is 118 cm³/mol. The summed E-state index contributed by atoms with van der Waals surface area (Å²) in [4.78, 5) is 0. The van der Waals surface area contributed by atoms with E-state index in [1.165, 1.54) is 35.1 Å². The Bertz CT molecular complexity index is 462. The summed E-state index contributed by atoms with van der Waals surface area (Å²) in [7, 11) is 0. The number of hydrogen-bond donors (Lipinski definition) is 4. The first-order valence-electron chi connectivity index (χ1n) is 9.39. The average molecular weight is 417 g/mol. The lowest BCUT2D eigenvalue weighted by atomic mass is 9.90. The zero-order valence-electron chi connectivity index (χ0n) is 17.1. The molecule has 1 rings (SSSR count). The zero-order chi connectivity index (χ0) is 20.2. The van der Waals surface area contributed by atoms with Crippen LogP contribution in [0.1, 0.15) is 47.0 Å². The van der Waals surface area contributed by atoms with Crippen LogP contribution in [0.25, 0.3) is 0 Å². The van der Waals surface area contributed by atoms with E-state index in [0.717, 1.165) is 25.1 Å². The molecular weight excluding hydrogens is 380 g/mol. The fraction of sp³-hybridized carbons (Fsp3) is 0.882. The monoisotopic (exact) mass is 416 g/mol. The highest BCUT2D eigenvalue weighted by Crippen LogP contribution is 2.26. The highest BCUT2D eigenvalue weighted by atomic mass is 32.2. The molecule has 0 saturated heterocycles. The molecule has 0 spiro atoms. The van der Waals surface area contributed by atoms with Crippen molar-refractivity contribution in [2.45, 2.75) is 47.0 Å². The summed E-state index contributed by atoms with van der Waals surface area (Å²) < 4.78 is 0. The van der Waals surface area contributed by atoms with Crippen LogP contribution in [0.2, 0.25) is 0 Å². The third-order valence-corrected chi connectivity index (χ3v) is 6.49. The van der Waals surface area contributed by atoms with Crippen LogP contribution in [0.5, 0.6) is 0 Å². The van der Waals surface area contributed by atoms with E-state index >= 15 is 0 Å². The number of hydrazine groups is 2. The maximum absolute atomic E-state index is 7.22. The predicted octanol–water partition coefficient (Wildman–Crippen LogP) is 3.80. The van der Waals surface area contributed by atoms with Gasteiger partial charge in [-0.05, 0) is 53.1 Å². The summed E-state index contributed by atoms with van der Waals surface area (Å²) in [5.41, 5.74) is 13.1. The molecule has 27 heavy (non-hydrogen) atoms. The SMILES string of the molecule is CC(C)(CCSCCCSCCC(C)(C)CN1C=NNN1)CN(C=N)N=N. The molecule has 0 bridgehead atoms. The molecule has 0 aromatic heterocycles. The largest absolute Gasteiger partial charge is 0.290 e. The lowest BCUT2D eigenvalue weighted by molar-refractivity contribution is 0.197. The van der Waals surface area contributed by atoms with Gasteiger partial charge in [-0.1, -0.05) is 32.9 Å². The Kier molecular flexibility index (Phi) is 11.1. The van der Waals surface area contributed by atoms with Crippen LogP contribution in [0.15, 0.2) is 10.3 Å². The van der Waals surface area contributed by atoms with E-state index < -0.39 is 0 Å². The third kappa shape index (κ3) is 11.4. The molecular formula is C17H36N8S2. The van der Waals surface area contributed by atoms with Crippen molar-refractivity contribution in [1.82, 2.24) is 21.1 Å². The van der Waals surface area contributed by atoms with Crippen LogP contribution in [0.3, 0.4) is 0 Å². The van der Waals surface area contributed by atoms with Crippen LogP contribution in [0.4, 0.5) is 0 Å². The molecule has 4 N–H and O–H groups in total. The van der Waals surface area contributed by atoms with Crippen LogP contribution >= 0.6 is 23.5 Å². The summed E-state index contributed by atoms with van der Waals surface area (Å²) in [5, 5.41) is 17.9. The Hall–Kier alpha value is -1.00. The van der Waals surface area contributed by atoms with Gasteiger partial charge in [0.15, 0.2) is 0 Å². The Morgan fingerprint density at radius 3 is 2.26 bits per heavy atom. The van der Waals surface area contributed by atoms with Crippen molar-refractivity contribution < 1.29 is 0 Å². The Morgan fingerprint density at radius 2 is 1.74 bits per heavy atom. The highest BCUT2D eigenvalue weighted by Gasteiger charge is 2.22. The summed E-state index contributed by atoms with van der Waals surface area (Å²) >= 11 is 4.05. The zero-order valence-corrected chi connectivity index (χ0v) is 18.8. The van der Waals surface area contributed by atoms with Crippen LogP contribution in [-0.4, -0.2) is 58.8 Å². The molecule has 0 aromatic carbocycles. The van der Waals surface area contributed by atoms with Crippen molar-refractivity contribution in [2.24, 2.45) is 21.2 Å². The van der Waals surface area contributed by atoms with E-state index in [-0.39, 0.29) is 10.8 Å². The van der Waals surface area contributed by atoms with E-state index in [1.807, 2.05) is 28.5 Å². The highest BCUT2D eigenvalue weighted by molar-refractivity contribution is 8.00. The van der Waals surface area contributed by atoms with Crippen molar-refractivity contribution in [3.63, 3.8) is 0 Å². The van der Waals surface area contributed by atoms with Crippen LogP contribution < -0.4 is 11.1 Å². The molecule has 1 aliphatic heterocycles. The molecule has 156 valence electrons. The Balaban J connectivity index is 2.00. The molecule has 10 heteroatoms. The van der Waals surface area contributed by atoms with Gasteiger partial charge in [-0.25, -0.2) is 10.5 Å². The Morgan fingerprint density at radius 1 is 1.11 bits per heavy atom. The topological polar surface area (TPSA) is 103 Å². The molecule has 0 aromatic rings. The lowest BCUT2D eigenvalue weighted by Crippen LogP contribution is -2.43. The number of rotatable bonds is 16. The maximum Gasteiger partial charge on any atom is 0.128 e. The fourth-order valence-corrected chi connectivity index (χ4v) is 5.31. The normalized spacial score (nSPS) is 14.3. The third-order valence-electron chi connectivity index (χ3n) is 4.34. The van der Waals surface area contributed by atoms with Gasteiger partial charge in [-0.15, -0.1) is 5.53 Å². The molecule has 0 saturated carbocycles. The van der Waals surface area contributed by atoms with Crippen molar-refractivity contribution in [1.29, 1.82) is 10.9 Å². The van der Waals surface area contributed by atoms with E-state index in [4.69, 9.17) is 10.9 Å². The van der Waals surface area contributed by atoms with Gasteiger partial charge < -0.3 is 0 Å². The second kappa shape index (κ2) is 12.5. The molecule has 0 unspecified atom stereocenters. The lowest BCUT2D eigenvalue weighted by Gasteiger charge is -2.28. The average Bonchev–Trinajstić information content (AvgIpc) is 3.10. The minimum atomic E-state index is 0.0693. The molecule has 1 heterocycles. The van der Waals surface area contributed by atoms with Gasteiger partial charge in [0, 0.05) is 13.1 Å². The van der Waals surface area contributed by atoms with Crippen LogP contribution in [0, 0.1) is 21.8 Å². The second-order valence-corrected chi connectivity index (χ2v) is 10.8. The first kappa shape index (κ1) is 24.0. The summed E-state index contributed by atoms with van der Waals surface area (Å²) in [6, 6.07) is 0. The molecule has 0 fully saturated rings.